The molecule has 0 radical (unpaired) electrons. The minimum absolute atomic E-state index is 0.0712. The fraction of sp³-hybridized carbons (Fsp3) is 0.100. The Morgan fingerprint density at radius 3 is 2.69 bits per heavy atom. The van der Waals surface area contributed by atoms with Crippen molar-refractivity contribution in [2.75, 3.05) is 0 Å². The smallest absolute Gasteiger partial charge is 0.271 e. The molecule has 0 aliphatic heterocycles. The Balaban J connectivity index is 3.37. The van der Waals surface area contributed by atoms with Gasteiger partial charge in [0.1, 0.15) is 0 Å². The molecule has 0 fully saturated rings. The number of non-ortho nitro benzene ring substituents is 1. The van der Waals surface area contributed by atoms with Crippen LogP contribution in [0.5, 0.6) is 0 Å². The number of hydrogen-bond acceptors (Lipinski definition) is 4. The zero-order chi connectivity index (χ0) is 12.3. The van der Waals surface area contributed by atoms with E-state index < -0.39 is 4.92 Å². The van der Waals surface area contributed by atoms with E-state index in [1.807, 2.05) is 6.07 Å². The van der Waals surface area contributed by atoms with Crippen molar-refractivity contribution in [1.82, 2.24) is 0 Å². The number of nitrogens with two attached hydrogens (primary N) is 1. The van der Waals surface area contributed by atoms with Gasteiger partial charge in [-0.1, -0.05) is 15.9 Å². The molecular weight excluding hydrogens is 274 g/mol. The molecule has 5 nitrogen and oxygen atoms in total. The van der Waals surface area contributed by atoms with Crippen LogP contribution in [0.1, 0.15) is 12.5 Å². The fourth-order valence-electron chi connectivity index (χ4n) is 1.11. The predicted molar refractivity (Wildman–Crippen MR) is 63.2 cm³/mol. The molecule has 0 aliphatic carbocycles. The average molecular weight is 282 g/mol. The lowest BCUT2D eigenvalue weighted by molar-refractivity contribution is -0.384. The largest absolute Gasteiger partial charge is 0.397 e. The fourth-order valence-corrected chi connectivity index (χ4v) is 1.59. The van der Waals surface area contributed by atoms with Gasteiger partial charge in [-0.15, -0.1) is 0 Å². The molecule has 1 aromatic rings. The molecule has 1 aromatic carbocycles. The normalized spacial score (nSPS) is 11.6. The quantitative estimate of drug-likeness (QED) is 0.512. The lowest BCUT2D eigenvalue weighted by Crippen LogP contribution is -2.00. The summed E-state index contributed by atoms with van der Waals surface area (Å²) in [5.41, 5.74) is 6.66. The van der Waals surface area contributed by atoms with Crippen LogP contribution >= 0.6 is 15.9 Å². The predicted octanol–water partition coefficient (Wildman–Crippen LogP) is 2.57. The van der Waals surface area contributed by atoms with Crippen LogP contribution in [0.4, 0.5) is 5.69 Å². The Morgan fingerprint density at radius 1 is 1.56 bits per heavy atom. The van der Waals surface area contributed by atoms with Crippen LogP contribution < -0.4 is 5.73 Å². The van der Waals surface area contributed by atoms with E-state index in [1.165, 1.54) is 12.1 Å². The Bertz CT molecular complexity index is 517. The van der Waals surface area contributed by atoms with Gasteiger partial charge in [0, 0.05) is 27.7 Å². The first-order valence-electron chi connectivity index (χ1n) is 4.27. The third-order valence-corrected chi connectivity index (χ3v) is 2.43. The van der Waals surface area contributed by atoms with E-state index in [1.54, 1.807) is 13.0 Å². The highest BCUT2D eigenvalue weighted by molar-refractivity contribution is 9.10. The van der Waals surface area contributed by atoms with Crippen LogP contribution in [0.25, 0.3) is 5.70 Å². The van der Waals surface area contributed by atoms with E-state index in [0.717, 1.165) is 0 Å². The first kappa shape index (κ1) is 12.2. The summed E-state index contributed by atoms with van der Waals surface area (Å²) in [6, 6.07) is 6.24. The van der Waals surface area contributed by atoms with Gasteiger partial charge in [-0.3, -0.25) is 10.1 Å². The molecular formula is C10H8BrN3O2. The van der Waals surface area contributed by atoms with Crippen molar-refractivity contribution in [3.8, 4) is 6.07 Å². The first-order chi connectivity index (χ1) is 7.45. The maximum Gasteiger partial charge on any atom is 0.271 e. The summed E-state index contributed by atoms with van der Waals surface area (Å²) < 4.78 is 0.547. The molecule has 0 heterocycles. The van der Waals surface area contributed by atoms with Crippen LogP contribution in [0.15, 0.2) is 28.2 Å². The Kier molecular flexibility index (Phi) is 3.64. The van der Waals surface area contributed by atoms with Gasteiger partial charge in [0.05, 0.1) is 16.7 Å². The van der Waals surface area contributed by atoms with Crippen molar-refractivity contribution in [2.24, 2.45) is 5.73 Å². The molecule has 0 saturated heterocycles. The number of nitrogens with zero attached hydrogens (tertiary/aromatic N) is 2. The number of hydrogen-bond donors (Lipinski definition) is 1. The number of nitro benzene ring substituents is 1. The molecule has 0 amide bonds. The highest BCUT2D eigenvalue weighted by Gasteiger charge is 2.11. The Hall–Kier alpha value is -1.87. The van der Waals surface area contributed by atoms with E-state index in [2.05, 4.69) is 15.9 Å². The lowest BCUT2D eigenvalue weighted by Gasteiger charge is -2.03. The molecule has 0 unspecified atom stereocenters. The number of benzene rings is 1. The topological polar surface area (TPSA) is 93.0 Å². The van der Waals surface area contributed by atoms with Crippen LogP contribution in [0, 0.1) is 21.4 Å². The van der Waals surface area contributed by atoms with Crippen molar-refractivity contribution in [3.63, 3.8) is 0 Å². The maximum absolute atomic E-state index is 10.6. The summed E-state index contributed by atoms with van der Waals surface area (Å²) >= 11 is 3.16. The third-order valence-electron chi connectivity index (χ3n) is 1.98. The first-order valence-corrected chi connectivity index (χ1v) is 5.07. The zero-order valence-electron chi connectivity index (χ0n) is 8.40. The zero-order valence-corrected chi connectivity index (χ0v) is 9.98. The summed E-state index contributed by atoms with van der Waals surface area (Å²) in [4.78, 5) is 10.1. The Labute approximate surface area is 100 Å². The van der Waals surface area contributed by atoms with Crippen molar-refractivity contribution in [1.29, 1.82) is 5.26 Å². The second-order valence-electron chi connectivity index (χ2n) is 3.11. The second kappa shape index (κ2) is 4.77. The monoisotopic (exact) mass is 281 g/mol. The highest BCUT2D eigenvalue weighted by atomic mass is 79.9. The molecule has 0 spiro atoms. The van der Waals surface area contributed by atoms with Crippen molar-refractivity contribution < 1.29 is 4.92 Å². The molecule has 0 bridgehead atoms. The summed E-state index contributed by atoms with van der Waals surface area (Å²) in [5.74, 6) is 0. The van der Waals surface area contributed by atoms with Gasteiger partial charge in [0.15, 0.2) is 0 Å². The lowest BCUT2D eigenvalue weighted by atomic mass is 10.1. The molecule has 0 aromatic heterocycles. The van der Waals surface area contributed by atoms with E-state index in [0.29, 0.717) is 15.6 Å². The number of nitro groups is 1. The summed E-state index contributed by atoms with van der Waals surface area (Å²) in [6.45, 7) is 1.56. The standard InChI is InChI=1S/C10H8BrN3O2/c1-6(5-12)10(13)7-2-8(11)4-9(3-7)14(15)16/h2-4H,13H2,1H3/b10-6-. The molecule has 6 heteroatoms. The number of allylic oxidation sites excluding steroid dienone is 1. The van der Waals surface area contributed by atoms with E-state index in [-0.39, 0.29) is 11.4 Å². The van der Waals surface area contributed by atoms with E-state index in [9.17, 15) is 10.1 Å². The van der Waals surface area contributed by atoms with Crippen molar-refractivity contribution in [3.05, 3.63) is 43.9 Å². The minimum Gasteiger partial charge on any atom is -0.397 e. The van der Waals surface area contributed by atoms with E-state index in [4.69, 9.17) is 11.0 Å². The molecule has 1 rings (SSSR count). The third kappa shape index (κ3) is 2.58. The molecule has 2 N–H and O–H groups in total. The van der Waals surface area contributed by atoms with Gasteiger partial charge in [0.25, 0.3) is 5.69 Å². The van der Waals surface area contributed by atoms with Gasteiger partial charge in [-0.25, -0.2) is 0 Å². The molecule has 82 valence electrons. The summed E-state index contributed by atoms with van der Waals surface area (Å²) in [5, 5.41) is 19.3. The second-order valence-corrected chi connectivity index (χ2v) is 4.02. The molecule has 0 aliphatic rings. The van der Waals surface area contributed by atoms with Gasteiger partial charge < -0.3 is 5.73 Å². The summed E-state index contributed by atoms with van der Waals surface area (Å²) in [6.07, 6.45) is 0. The molecule has 16 heavy (non-hydrogen) atoms. The van der Waals surface area contributed by atoms with Gasteiger partial charge in [-0.2, -0.15) is 5.26 Å². The summed E-state index contributed by atoms with van der Waals surface area (Å²) in [7, 11) is 0. The van der Waals surface area contributed by atoms with Crippen LogP contribution in [0.2, 0.25) is 0 Å². The SMILES string of the molecule is C/C(C#N)=C(/N)c1cc(Br)cc([N+](=O)[O-])c1. The van der Waals surface area contributed by atoms with Crippen LogP contribution in [-0.2, 0) is 0 Å². The van der Waals surface area contributed by atoms with Crippen LogP contribution in [0.3, 0.4) is 0 Å². The molecule has 0 saturated carbocycles. The van der Waals surface area contributed by atoms with Gasteiger partial charge in [0.2, 0.25) is 0 Å². The van der Waals surface area contributed by atoms with Crippen LogP contribution in [-0.4, -0.2) is 4.92 Å². The number of halogens is 1. The van der Waals surface area contributed by atoms with Crippen molar-refractivity contribution in [2.45, 2.75) is 6.92 Å². The Morgan fingerprint density at radius 2 is 2.19 bits per heavy atom. The van der Waals surface area contributed by atoms with E-state index >= 15 is 0 Å². The minimum atomic E-state index is -0.511. The highest BCUT2D eigenvalue weighted by Crippen LogP contribution is 2.25. The van der Waals surface area contributed by atoms with Gasteiger partial charge in [-0.05, 0) is 13.0 Å². The van der Waals surface area contributed by atoms with Crippen molar-refractivity contribution >= 4 is 27.3 Å². The number of rotatable bonds is 2. The maximum atomic E-state index is 10.6. The average Bonchev–Trinajstić information content (AvgIpc) is 2.26. The van der Waals surface area contributed by atoms with Gasteiger partial charge >= 0.3 is 0 Å². The number of nitriles is 1. The molecule has 0 atom stereocenters.